The monoisotopic (exact) mass is 423 g/mol. The van der Waals surface area contributed by atoms with Crippen LogP contribution in [0, 0.1) is 5.82 Å². The number of rotatable bonds is 6. The maximum Gasteiger partial charge on any atom is 0.166 e. The van der Waals surface area contributed by atoms with Crippen LogP contribution in [0.1, 0.15) is 5.56 Å². The molecule has 0 saturated carbocycles. The number of pyridine rings is 1. The lowest BCUT2D eigenvalue weighted by molar-refractivity contribution is 0.462. The average molecular weight is 424 g/mol. The maximum absolute atomic E-state index is 13.4. The molecule has 0 atom stereocenters. The lowest BCUT2D eigenvalue weighted by Crippen LogP contribution is -1.86. The lowest BCUT2D eigenvalue weighted by Gasteiger charge is -2.04. The largest absolute Gasteiger partial charge is 0.507 e. The number of aromatic amines is 1. The predicted octanol–water partition coefficient (Wildman–Crippen LogP) is 6.00. The van der Waals surface area contributed by atoms with Gasteiger partial charge in [-0.2, -0.15) is 0 Å². The second-order valence-corrected chi connectivity index (χ2v) is 8.09. The summed E-state index contributed by atoms with van der Waals surface area (Å²) >= 11 is 3.08. The molecule has 0 aliphatic rings. The average Bonchev–Trinajstić information content (AvgIpc) is 3.18. The van der Waals surface area contributed by atoms with Crippen LogP contribution in [0.15, 0.2) is 76.9 Å². The number of hydrogen-bond acceptors (Lipinski definition) is 5. The highest BCUT2D eigenvalue weighted by Crippen LogP contribution is 2.34. The molecular formula is C22H18FN3OS2. The Kier molecular flexibility index (Phi) is 5.87. The fourth-order valence-corrected chi connectivity index (χ4v) is 4.26. The standard InChI is InChI=1S/C22H18FN3OS2/c1-28-19-12-14(5-10-18(19)27)13-29-22-25-20(15-6-8-16(23)9-7-15)21(26-22)17-4-2-3-11-24-17/h2-12,27H,13H2,1H3,(H,25,26). The van der Waals surface area contributed by atoms with Gasteiger partial charge in [0, 0.05) is 22.4 Å². The van der Waals surface area contributed by atoms with Gasteiger partial charge in [-0.15, -0.1) is 11.8 Å². The van der Waals surface area contributed by atoms with Gasteiger partial charge in [0.05, 0.1) is 11.4 Å². The molecule has 2 heterocycles. The van der Waals surface area contributed by atoms with E-state index in [9.17, 15) is 9.50 Å². The second-order valence-electron chi connectivity index (χ2n) is 6.28. The molecule has 29 heavy (non-hydrogen) atoms. The van der Waals surface area contributed by atoms with Crippen molar-refractivity contribution in [1.29, 1.82) is 0 Å². The lowest BCUT2D eigenvalue weighted by atomic mass is 10.1. The summed E-state index contributed by atoms with van der Waals surface area (Å²) in [6, 6.07) is 17.6. The van der Waals surface area contributed by atoms with E-state index in [1.54, 1.807) is 36.2 Å². The maximum atomic E-state index is 13.4. The molecule has 0 amide bonds. The third-order valence-corrected chi connectivity index (χ3v) is 6.05. The smallest absolute Gasteiger partial charge is 0.166 e. The highest BCUT2D eigenvalue weighted by Gasteiger charge is 2.16. The summed E-state index contributed by atoms with van der Waals surface area (Å²) in [5, 5.41) is 10.6. The molecule has 0 aliphatic carbocycles. The van der Waals surface area contributed by atoms with Gasteiger partial charge in [0.1, 0.15) is 17.3 Å². The molecular weight excluding hydrogens is 405 g/mol. The van der Waals surface area contributed by atoms with E-state index in [2.05, 4.69) is 9.97 Å². The van der Waals surface area contributed by atoms with Crippen molar-refractivity contribution < 1.29 is 9.50 Å². The van der Waals surface area contributed by atoms with Crippen molar-refractivity contribution in [3.63, 3.8) is 0 Å². The molecule has 0 unspecified atom stereocenters. The molecule has 7 heteroatoms. The summed E-state index contributed by atoms with van der Waals surface area (Å²) in [4.78, 5) is 13.4. The Bertz CT molecular complexity index is 1110. The van der Waals surface area contributed by atoms with Crippen LogP contribution in [-0.2, 0) is 5.75 Å². The number of hydrogen-bond donors (Lipinski definition) is 2. The van der Waals surface area contributed by atoms with Gasteiger partial charge in [-0.1, -0.05) is 23.9 Å². The normalized spacial score (nSPS) is 11.0. The highest BCUT2D eigenvalue weighted by atomic mass is 32.2. The number of aromatic nitrogens is 3. The van der Waals surface area contributed by atoms with Crippen LogP contribution in [0.4, 0.5) is 4.39 Å². The number of aromatic hydroxyl groups is 1. The second kappa shape index (κ2) is 8.71. The van der Waals surface area contributed by atoms with E-state index in [1.165, 1.54) is 23.9 Å². The SMILES string of the molecule is CSc1cc(CSc2nc(-c3ccccn3)c(-c3ccc(F)cc3)[nH]2)ccc1O. The molecule has 0 aliphatic heterocycles. The van der Waals surface area contributed by atoms with Gasteiger partial charge in [0.15, 0.2) is 5.16 Å². The van der Waals surface area contributed by atoms with Crippen molar-refractivity contribution in [2.75, 3.05) is 6.26 Å². The molecule has 0 fully saturated rings. The van der Waals surface area contributed by atoms with E-state index in [0.29, 0.717) is 11.5 Å². The molecule has 0 saturated heterocycles. The summed E-state index contributed by atoms with van der Waals surface area (Å²) in [5.41, 5.74) is 4.23. The number of thioether (sulfide) groups is 2. The Morgan fingerprint density at radius 1 is 1.07 bits per heavy atom. The summed E-state index contributed by atoms with van der Waals surface area (Å²) in [6.45, 7) is 0. The number of phenols is 1. The summed E-state index contributed by atoms with van der Waals surface area (Å²) in [7, 11) is 0. The van der Waals surface area contributed by atoms with Gasteiger partial charge < -0.3 is 10.1 Å². The zero-order chi connectivity index (χ0) is 20.2. The predicted molar refractivity (Wildman–Crippen MR) is 117 cm³/mol. The Balaban J connectivity index is 1.65. The molecule has 146 valence electrons. The Morgan fingerprint density at radius 2 is 1.90 bits per heavy atom. The first-order valence-corrected chi connectivity index (χ1v) is 11.1. The molecule has 4 nitrogen and oxygen atoms in total. The van der Waals surface area contributed by atoms with Crippen LogP contribution in [0.5, 0.6) is 5.75 Å². The van der Waals surface area contributed by atoms with Crippen LogP contribution in [0.25, 0.3) is 22.6 Å². The van der Waals surface area contributed by atoms with Crippen LogP contribution < -0.4 is 0 Å². The molecule has 0 bridgehead atoms. The summed E-state index contributed by atoms with van der Waals surface area (Å²) < 4.78 is 13.4. The van der Waals surface area contributed by atoms with Crippen molar-refractivity contribution >= 4 is 23.5 Å². The zero-order valence-electron chi connectivity index (χ0n) is 15.6. The number of nitrogens with zero attached hydrogens (tertiary/aromatic N) is 2. The van der Waals surface area contributed by atoms with Gasteiger partial charge in [0.25, 0.3) is 0 Å². The number of imidazole rings is 1. The van der Waals surface area contributed by atoms with Crippen molar-refractivity contribution in [1.82, 2.24) is 15.0 Å². The van der Waals surface area contributed by atoms with E-state index in [-0.39, 0.29) is 5.82 Å². The fourth-order valence-electron chi connectivity index (χ4n) is 2.90. The molecule has 0 radical (unpaired) electrons. The third kappa shape index (κ3) is 4.46. The van der Waals surface area contributed by atoms with Gasteiger partial charge in [-0.05, 0) is 60.4 Å². The number of benzene rings is 2. The van der Waals surface area contributed by atoms with Gasteiger partial charge in [-0.25, -0.2) is 9.37 Å². The van der Waals surface area contributed by atoms with Crippen molar-refractivity contribution in [3.8, 4) is 28.4 Å². The van der Waals surface area contributed by atoms with E-state index in [1.807, 2.05) is 36.6 Å². The Hall–Kier alpha value is -2.77. The van der Waals surface area contributed by atoms with E-state index in [0.717, 1.165) is 38.3 Å². The first-order valence-electron chi connectivity index (χ1n) is 8.90. The number of phenolic OH excluding ortho intramolecular Hbond substituents is 1. The highest BCUT2D eigenvalue weighted by molar-refractivity contribution is 7.99. The van der Waals surface area contributed by atoms with E-state index in [4.69, 9.17) is 4.98 Å². The molecule has 4 aromatic rings. The van der Waals surface area contributed by atoms with E-state index >= 15 is 0 Å². The molecule has 2 aromatic heterocycles. The zero-order valence-corrected chi connectivity index (χ0v) is 17.2. The van der Waals surface area contributed by atoms with Crippen molar-refractivity contribution in [2.24, 2.45) is 0 Å². The molecule has 4 rings (SSSR count). The third-order valence-electron chi connectivity index (χ3n) is 4.34. The van der Waals surface area contributed by atoms with Gasteiger partial charge >= 0.3 is 0 Å². The quantitative estimate of drug-likeness (QED) is 0.373. The first kappa shape index (κ1) is 19.5. The number of nitrogens with one attached hydrogen (secondary N) is 1. The topological polar surface area (TPSA) is 61.8 Å². The van der Waals surface area contributed by atoms with Crippen molar-refractivity contribution in [2.45, 2.75) is 15.8 Å². The van der Waals surface area contributed by atoms with Crippen LogP contribution in [0.2, 0.25) is 0 Å². The fraction of sp³-hybridized carbons (Fsp3) is 0.0909. The minimum Gasteiger partial charge on any atom is -0.507 e. The Labute approximate surface area is 176 Å². The molecule has 2 aromatic carbocycles. The van der Waals surface area contributed by atoms with Crippen molar-refractivity contribution in [3.05, 3.63) is 78.2 Å². The number of halogens is 1. The summed E-state index contributed by atoms with van der Waals surface area (Å²) in [6.07, 6.45) is 3.66. The van der Waals surface area contributed by atoms with Crippen LogP contribution in [0.3, 0.4) is 0 Å². The molecule has 2 N–H and O–H groups in total. The van der Waals surface area contributed by atoms with Gasteiger partial charge in [-0.3, -0.25) is 4.98 Å². The van der Waals surface area contributed by atoms with Crippen LogP contribution in [-0.4, -0.2) is 26.3 Å². The minimum atomic E-state index is -0.279. The van der Waals surface area contributed by atoms with Crippen LogP contribution >= 0.6 is 23.5 Å². The van der Waals surface area contributed by atoms with E-state index < -0.39 is 0 Å². The van der Waals surface area contributed by atoms with Gasteiger partial charge in [0.2, 0.25) is 0 Å². The molecule has 0 spiro atoms. The minimum absolute atomic E-state index is 0.279. The number of H-pyrrole nitrogens is 1. The first-order chi connectivity index (χ1) is 14.1. The summed E-state index contributed by atoms with van der Waals surface area (Å²) in [5.74, 6) is 0.714. The Morgan fingerprint density at radius 3 is 2.62 bits per heavy atom.